The largest absolute Gasteiger partial charge is 0.326 e. The highest BCUT2D eigenvalue weighted by Crippen LogP contribution is 2.23. The Balaban J connectivity index is 1.87. The summed E-state index contributed by atoms with van der Waals surface area (Å²) in [6.07, 6.45) is 2.12. The molecule has 0 aromatic heterocycles. The van der Waals surface area contributed by atoms with Crippen LogP contribution in [0.2, 0.25) is 10.0 Å². The van der Waals surface area contributed by atoms with Crippen LogP contribution in [-0.2, 0) is 6.42 Å². The normalized spacial score (nSPS) is 21.6. The van der Waals surface area contributed by atoms with Gasteiger partial charge in [0.05, 0.1) is 10.0 Å². The predicted octanol–water partition coefficient (Wildman–Crippen LogP) is 2.57. The highest BCUT2D eigenvalue weighted by molar-refractivity contribution is 6.42. The fourth-order valence-electron chi connectivity index (χ4n) is 2.05. The van der Waals surface area contributed by atoms with Gasteiger partial charge >= 0.3 is 0 Å². The first-order valence-electron chi connectivity index (χ1n) is 5.57. The summed E-state index contributed by atoms with van der Waals surface area (Å²) < 4.78 is 0. The minimum Gasteiger partial charge on any atom is -0.326 e. The number of hydrogen-bond donors (Lipinski definition) is 1. The number of rotatable bonds is 3. The molecule has 88 valence electrons. The van der Waals surface area contributed by atoms with Gasteiger partial charge < -0.3 is 10.6 Å². The maximum Gasteiger partial charge on any atom is 0.0595 e. The average molecular weight is 259 g/mol. The quantitative estimate of drug-likeness (QED) is 0.903. The Morgan fingerprint density at radius 2 is 2.12 bits per heavy atom. The van der Waals surface area contributed by atoms with E-state index in [9.17, 15) is 0 Å². The topological polar surface area (TPSA) is 29.3 Å². The highest BCUT2D eigenvalue weighted by atomic mass is 35.5. The van der Waals surface area contributed by atoms with E-state index in [0.717, 1.165) is 32.5 Å². The second kappa shape index (κ2) is 5.37. The van der Waals surface area contributed by atoms with Gasteiger partial charge in [0, 0.05) is 19.1 Å². The Labute approximate surface area is 106 Å². The van der Waals surface area contributed by atoms with Crippen molar-refractivity contribution in [2.75, 3.05) is 19.6 Å². The Morgan fingerprint density at radius 1 is 1.31 bits per heavy atom. The highest BCUT2D eigenvalue weighted by Gasteiger charge is 2.18. The molecule has 0 aliphatic carbocycles. The van der Waals surface area contributed by atoms with Crippen LogP contribution in [0.4, 0.5) is 0 Å². The molecular weight excluding hydrogens is 243 g/mol. The fraction of sp³-hybridized carbons (Fsp3) is 0.500. The van der Waals surface area contributed by atoms with Gasteiger partial charge in [-0.05, 0) is 37.1 Å². The molecule has 2 N–H and O–H groups in total. The maximum atomic E-state index is 5.97. The number of likely N-dealkylation sites (tertiary alicyclic amines) is 1. The molecule has 16 heavy (non-hydrogen) atoms. The number of halogens is 2. The average Bonchev–Trinajstić information content (AvgIpc) is 2.66. The van der Waals surface area contributed by atoms with Gasteiger partial charge in [0.1, 0.15) is 0 Å². The van der Waals surface area contributed by atoms with E-state index in [0.29, 0.717) is 16.1 Å². The van der Waals surface area contributed by atoms with Gasteiger partial charge in [-0.1, -0.05) is 29.3 Å². The van der Waals surface area contributed by atoms with Gasteiger partial charge in [-0.25, -0.2) is 0 Å². The maximum absolute atomic E-state index is 5.97. The van der Waals surface area contributed by atoms with Crippen molar-refractivity contribution in [3.05, 3.63) is 33.8 Å². The first-order chi connectivity index (χ1) is 7.65. The van der Waals surface area contributed by atoms with E-state index in [1.165, 1.54) is 5.56 Å². The summed E-state index contributed by atoms with van der Waals surface area (Å²) in [5, 5.41) is 1.26. The Morgan fingerprint density at radius 3 is 2.75 bits per heavy atom. The molecular formula is C12H16Cl2N2. The molecule has 2 nitrogen and oxygen atoms in total. The summed E-state index contributed by atoms with van der Waals surface area (Å²) in [6.45, 7) is 3.18. The van der Waals surface area contributed by atoms with Crippen molar-refractivity contribution in [2.45, 2.75) is 18.9 Å². The molecule has 1 saturated heterocycles. The van der Waals surface area contributed by atoms with E-state index >= 15 is 0 Å². The molecule has 0 amide bonds. The first kappa shape index (κ1) is 12.2. The molecule has 1 unspecified atom stereocenters. The van der Waals surface area contributed by atoms with E-state index in [1.807, 2.05) is 18.2 Å². The van der Waals surface area contributed by atoms with Crippen molar-refractivity contribution in [1.82, 2.24) is 4.90 Å². The molecule has 1 atom stereocenters. The lowest BCUT2D eigenvalue weighted by atomic mass is 10.1. The zero-order valence-electron chi connectivity index (χ0n) is 9.13. The molecule has 4 heteroatoms. The number of benzene rings is 1. The Bertz CT molecular complexity index is 368. The van der Waals surface area contributed by atoms with Crippen molar-refractivity contribution in [2.24, 2.45) is 5.73 Å². The summed E-state index contributed by atoms with van der Waals surface area (Å²) in [4.78, 5) is 2.40. The van der Waals surface area contributed by atoms with E-state index in [1.54, 1.807) is 0 Å². The minimum absolute atomic E-state index is 0.355. The predicted molar refractivity (Wildman–Crippen MR) is 69.2 cm³/mol. The SMILES string of the molecule is NC1CCN(CCc2ccc(Cl)c(Cl)c2)C1. The Hall–Kier alpha value is -0.280. The molecule has 1 aliphatic rings. The summed E-state index contributed by atoms with van der Waals surface area (Å²) in [5.74, 6) is 0. The molecule has 1 aromatic carbocycles. The van der Waals surface area contributed by atoms with Gasteiger partial charge in [-0.3, -0.25) is 0 Å². The molecule has 0 spiro atoms. The first-order valence-corrected chi connectivity index (χ1v) is 6.32. The van der Waals surface area contributed by atoms with Crippen molar-refractivity contribution >= 4 is 23.2 Å². The summed E-state index contributed by atoms with van der Waals surface area (Å²) in [6, 6.07) is 6.19. The van der Waals surface area contributed by atoms with Crippen LogP contribution in [0.15, 0.2) is 18.2 Å². The molecule has 1 fully saturated rings. The summed E-state index contributed by atoms with van der Waals surface area (Å²) >= 11 is 11.8. The molecule has 1 aromatic rings. The van der Waals surface area contributed by atoms with Crippen LogP contribution in [0, 0.1) is 0 Å². The van der Waals surface area contributed by atoms with E-state index < -0.39 is 0 Å². The lowest BCUT2D eigenvalue weighted by molar-refractivity contribution is 0.339. The van der Waals surface area contributed by atoms with Gasteiger partial charge in [-0.15, -0.1) is 0 Å². The molecule has 1 aliphatic heterocycles. The van der Waals surface area contributed by atoms with Crippen LogP contribution in [0.25, 0.3) is 0 Å². The third-order valence-electron chi connectivity index (χ3n) is 3.01. The molecule has 2 rings (SSSR count). The van der Waals surface area contributed by atoms with E-state index in [2.05, 4.69) is 4.90 Å². The standard InChI is InChI=1S/C12H16Cl2N2/c13-11-2-1-9(7-12(11)14)3-5-16-6-4-10(15)8-16/h1-2,7,10H,3-6,8,15H2. The monoisotopic (exact) mass is 258 g/mol. The van der Waals surface area contributed by atoms with Gasteiger partial charge in [0.2, 0.25) is 0 Å². The molecule has 0 radical (unpaired) electrons. The summed E-state index contributed by atoms with van der Waals surface area (Å²) in [7, 11) is 0. The molecule has 0 saturated carbocycles. The number of hydrogen-bond acceptors (Lipinski definition) is 2. The second-order valence-electron chi connectivity index (χ2n) is 4.35. The smallest absolute Gasteiger partial charge is 0.0595 e. The van der Waals surface area contributed by atoms with E-state index in [4.69, 9.17) is 28.9 Å². The van der Waals surface area contributed by atoms with Crippen molar-refractivity contribution in [1.29, 1.82) is 0 Å². The van der Waals surface area contributed by atoms with Crippen molar-refractivity contribution in [3.8, 4) is 0 Å². The zero-order chi connectivity index (χ0) is 11.5. The van der Waals surface area contributed by atoms with Gasteiger partial charge in [-0.2, -0.15) is 0 Å². The summed E-state index contributed by atoms with van der Waals surface area (Å²) in [5.41, 5.74) is 7.09. The van der Waals surface area contributed by atoms with Gasteiger partial charge in [0.15, 0.2) is 0 Å². The Kier molecular flexibility index (Phi) is 4.09. The third kappa shape index (κ3) is 3.11. The van der Waals surface area contributed by atoms with Gasteiger partial charge in [0.25, 0.3) is 0 Å². The second-order valence-corrected chi connectivity index (χ2v) is 5.16. The van der Waals surface area contributed by atoms with Crippen LogP contribution in [0.3, 0.4) is 0 Å². The molecule has 0 bridgehead atoms. The zero-order valence-corrected chi connectivity index (χ0v) is 10.6. The lowest BCUT2D eigenvalue weighted by Crippen LogP contribution is -2.28. The lowest BCUT2D eigenvalue weighted by Gasteiger charge is -2.14. The number of nitrogens with two attached hydrogens (primary N) is 1. The van der Waals surface area contributed by atoms with Crippen LogP contribution < -0.4 is 5.73 Å². The number of nitrogens with zero attached hydrogens (tertiary/aromatic N) is 1. The van der Waals surface area contributed by atoms with Crippen molar-refractivity contribution < 1.29 is 0 Å². The van der Waals surface area contributed by atoms with Crippen LogP contribution in [0.5, 0.6) is 0 Å². The van der Waals surface area contributed by atoms with Crippen LogP contribution in [-0.4, -0.2) is 30.6 Å². The molecule has 1 heterocycles. The fourth-order valence-corrected chi connectivity index (χ4v) is 2.37. The third-order valence-corrected chi connectivity index (χ3v) is 3.75. The van der Waals surface area contributed by atoms with Crippen LogP contribution >= 0.6 is 23.2 Å². The van der Waals surface area contributed by atoms with E-state index in [-0.39, 0.29) is 0 Å². The van der Waals surface area contributed by atoms with Crippen LogP contribution in [0.1, 0.15) is 12.0 Å². The minimum atomic E-state index is 0.355. The van der Waals surface area contributed by atoms with Crippen molar-refractivity contribution in [3.63, 3.8) is 0 Å².